The number of Topliss-reactive ketones (excluding diaryl/α,β-unsaturated/α-hetero) is 1. The Morgan fingerprint density at radius 1 is 1.33 bits per heavy atom. The molecule has 1 aromatic rings. The van der Waals surface area contributed by atoms with Crippen molar-refractivity contribution in [2.45, 2.75) is 32.8 Å². The molecule has 0 aliphatic carbocycles. The molecule has 1 aliphatic heterocycles. The van der Waals surface area contributed by atoms with Gasteiger partial charge in [0, 0.05) is 18.8 Å². The molecular weight excluding hydrogens is 272 g/mol. The fraction of sp³-hybridized carbons (Fsp3) is 0.600. The first-order valence-corrected chi connectivity index (χ1v) is 7.15. The standard InChI is InChI=1S/C15H22N2O4/c1-9-13(15(20)21-3)10(2)16-14(9)12(19)8-17-6-4-11(18)5-7-17/h11,16,18H,4-8H2,1-3H3. The van der Waals surface area contributed by atoms with Crippen LogP contribution in [-0.2, 0) is 4.74 Å². The molecule has 1 aliphatic rings. The number of aromatic nitrogens is 1. The quantitative estimate of drug-likeness (QED) is 0.641. The van der Waals surface area contributed by atoms with Gasteiger partial charge < -0.3 is 14.8 Å². The molecule has 1 aromatic heterocycles. The zero-order valence-electron chi connectivity index (χ0n) is 12.7. The van der Waals surface area contributed by atoms with E-state index in [0.717, 1.165) is 13.1 Å². The van der Waals surface area contributed by atoms with Crippen LogP contribution >= 0.6 is 0 Å². The number of ketones is 1. The second kappa shape index (κ2) is 6.41. The second-order valence-corrected chi connectivity index (χ2v) is 5.55. The number of rotatable bonds is 4. The van der Waals surface area contributed by atoms with Gasteiger partial charge >= 0.3 is 5.97 Å². The summed E-state index contributed by atoms with van der Waals surface area (Å²) in [5.41, 5.74) is 2.20. The zero-order valence-corrected chi connectivity index (χ0v) is 12.7. The maximum absolute atomic E-state index is 12.4. The molecule has 0 aromatic carbocycles. The summed E-state index contributed by atoms with van der Waals surface area (Å²) in [7, 11) is 1.33. The molecule has 0 bridgehead atoms. The number of piperidine rings is 1. The molecule has 21 heavy (non-hydrogen) atoms. The van der Waals surface area contributed by atoms with Crippen molar-refractivity contribution < 1.29 is 19.4 Å². The number of aliphatic hydroxyl groups excluding tert-OH is 1. The summed E-state index contributed by atoms with van der Waals surface area (Å²) in [5, 5.41) is 9.48. The molecule has 2 N–H and O–H groups in total. The number of nitrogens with one attached hydrogen (secondary N) is 1. The van der Waals surface area contributed by atoms with E-state index in [2.05, 4.69) is 4.98 Å². The molecule has 0 unspecified atom stereocenters. The molecule has 1 fully saturated rings. The summed E-state index contributed by atoms with van der Waals surface area (Å²) in [6.45, 7) is 5.25. The Hall–Kier alpha value is -1.66. The lowest BCUT2D eigenvalue weighted by molar-refractivity contribution is 0.0599. The highest BCUT2D eigenvalue weighted by molar-refractivity contribution is 6.02. The number of nitrogens with zero attached hydrogens (tertiary/aromatic N) is 1. The number of likely N-dealkylation sites (tertiary alicyclic amines) is 1. The van der Waals surface area contributed by atoms with Crippen LogP contribution in [0, 0.1) is 13.8 Å². The van der Waals surface area contributed by atoms with Crippen LogP contribution in [0.25, 0.3) is 0 Å². The van der Waals surface area contributed by atoms with E-state index in [1.807, 2.05) is 4.90 Å². The van der Waals surface area contributed by atoms with Crippen molar-refractivity contribution in [1.29, 1.82) is 0 Å². The van der Waals surface area contributed by atoms with Crippen LogP contribution in [0.4, 0.5) is 0 Å². The molecular formula is C15H22N2O4. The van der Waals surface area contributed by atoms with Crippen LogP contribution < -0.4 is 0 Å². The van der Waals surface area contributed by atoms with Gasteiger partial charge in [-0.25, -0.2) is 4.79 Å². The van der Waals surface area contributed by atoms with E-state index in [4.69, 9.17) is 4.74 Å². The van der Waals surface area contributed by atoms with Gasteiger partial charge in [-0.05, 0) is 32.3 Å². The number of carbonyl (C=O) groups is 2. The van der Waals surface area contributed by atoms with Crippen LogP contribution in [0.2, 0.25) is 0 Å². The van der Waals surface area contributed by atoms with Crippen LogP contribution in [-0.4, -0.2) is 59.6 Å². The zero-order chi connectivity index (χ0) is 15.6. The van der Waals surface area contributed by atoms with E-state index in [0.29, 0.717) is 41.9 Å². The van der Waals surface area contributed by atoms with E-state index in [1.165, 1.54) is 7.11 Å². The Kier molecular flexibility index (Phi) is 4.80. The van der Waals surface area contributed by atoms with Gasteiger partial charge in [0.2, 0.25) is 0 Å². The lowest BCUT2D eigenvalue weighted by Crippen LogP contribution is -2.39. The van der Waals surface area contributed by atoms with Gasteiger partial charge in [0.15, 0.2) is 5.78 Å². The molecule has 116 valence electrons. The molecule has 6 nitrogen and oxygen atoms in total. The van der Waals surface area contributed by atoms with Crippen molar-refractivity contribution >= 4 is 11.8 Å². The highest BCUT2D eigenvalue weighted by Crippen LogP contribution is 2.20. The third-order valence-corrected chi connectivity index (χ3v) is 4.03. The third kappa shape index (κ3) is 3.33. The van der Waals surface area contributed by atoms with Crippen LogP contribution in [0.15, 0.2) is 0 Å². The maximum Gasteiger partial charge on any atom is 0.339 e. The fourth-order valence-electron chi connectivity index (χ4n) is 2.80. The van der Waals surface area contributed by atoms with Crippen LogP contribution in [0.3, 0.4) is 0 Å². The van der Waals surface area contributed by atoms with Crippen molar-refractivity contribution in [3.05, 3.63) is 22.5 Å². The van der Waals surface area contributed by atoms with Gasteiger partial charge in [0.25, 0.3) is 0 Å². The van der Waals surface area contributed by atoms with Gasteiger partial charge in [-0.1, -0.05) is 0 Å². The second-order valence-electron chi connectivity index (χ2n) is 5.55. The maximum atomic E-state index is 12.4. The Labute approximate surface area is 124 Å². The average molecular weight is 294 g/mol. The Balaban J connectivity index is 2.11. The first-order chi connectivity index (χ1) is 9.93. The first kappa shape index (κ1) is 15.7. The molecule has 2 rings (SSSR count). The molecule has 0 saturated carbocycles. The van der Waals surface area contributed by atoms with Gasteiger partial charge in [-0.2, -0.15) is 0 Å². The molecule has 0 atom stereocenters. The van der Waals surface area contributed by atoms with Crippen LogP contribution in [0.5, 0.6) is 0 Å². The first-order valence-electron chi connectivity index (χ1n) is 7.15. The minimum atomic E-state index is -0.429. The molecule has 0 spiro atoms. The predicted molar refractivity (Wildman–Crippen MR) is 77.6 cm³/mol. The highest BCUT2D eigenvalue weighted by Gasteiger charge is 2.25. The number of H-pyrrole nitrogens is 1. The number of aromatic amines is 1. The number of methoxy groups -OCH3 is 1. The Morgan fingerprint density at radius 2 is 1.95 bits per heavy atom. The average Bonchev–Trinajstić information content (AvgIpc) is 2.76. The number of esters is 1. The minimum absolute atomic E-state index is 0.0397. The summed E-state index contributed by atoms with van der Waals surface area (Å²) < 4.78 is 4.74. The summed E-state index contributed by atoms with van der Waals surface area (Å²) in [5.74, 6) is -0.469. The number of hydrogen-bond acceptors (Lipinski definition) is 5. The molecule has 0 radical (unpaired) electrons. The number of ether oxygens (including phenoxy) is 1. The summed E-state index contributed by atoms with van der Waals surface area (Å²) >= 11 is 0. The van der Waals surface area contributed by atoms with E-state index < -0.39 is 5.97 Å². The van der Waals surface area contributed by atoms with Crippen molar-refractivity contribution in [2.75, 3.05) is 26.7 Å². The smallest absolute Gasteiger partial charge is 0.339 e. The number of carbonyl (C=O) groups excluding carboxylic acids is 2. The van der Waals surface area contributed by atoms with Crippen molar-refractivity contribution in [3.63, 3.8) is 0 Å². The number of aryl methyl sites for hydroxylation is 1. The normalized spacial score (nSPS) is 17.0. The lowest BCUT2D eigenvalue weighted by Gasteiger charge is -2.28. The predicted octanol–water partition coefficient (Wildman–Crippen LogP) is 1.06. The summed E-state index contributed by atoms with van der Waals surface area (Å²) in [6, 6.07) is 0. The highest BCUT2D eigenvalue weighted by atomic mass is 16.5. The number of hydrogen-bond donors (Lipinski definition) is 2. The SMILES string of the molecule is COC(=O)c1c(C)[nH]c(C(=O)CN2CCC(O)CC2)c1C. The lowest BCUT2D eigenvalue weighted by atomic mass is 10.1. The van der Waals surface area contributed by atoms with E-state index in [1.54, 1.807) is 13.8 Å². The minimum Gasteiger partial charge on any atom is -0.465 e. The van der Waals surface area contributed by atoms with Crippen LogP contribution in [0.1, 0.15) is 44.9 Å². The van der Waals surface area contributed by atoms with E-state index in [-0.39, 0.29) is 11.9 Å². The van der Waals surface area contributed by atoms with E-state index in [9.17, 15) is 14.7 Å². The van der Waals surface area contributed by atoms with Gasteiger partial charge in [0.1, 0.15) is 0 Å². The van der Waals surface area contributed by atoms with Gasteiger partial charge in [-0.3, -0.25) is 9.69 Å². The molecule has 0 amide bonds. The number of aliphatic hydroxyl groups is 1. The molecule has 6 heteroatoms. The Morgan fingerprint density at radius 3 is 2.52 bits per heavy atom. The molecule has 2 heterocycles. The largest absolute Gasteiger partial charge is 0.465 e. The van der Waals surface area contributed by atoms with Gasteiger partial charge in [0.05, 0.1) is 31.0 Å². The van der Waals surface area contributed by atoms with Crippen molar-refractivity contribution in [1.82, 2.24) is 9.88 Å². The van der Waals surface area contributed by atoms with Gasteiger partial charge in [-0.15, -0.1) is 0 Å². The summed E-state index contributed by atoms with van der Waals surface area (Å²) in [6.07, 6.45) is 1.14. The fourth-order valence-corrected chi connectivity index (χ4v) is 2.80. The van der Waals surface area contributed by atoms with E-state index >= 15 is 0 Å². The Bertz CT molecular complexity index is 542. The monoisotopic (exact) mass is 294 g/mol. The molecule has 1 saturated heterocycles. The van der Waals surface area contributed by atoms with Crippen molar-refractivity contribution in [2.24, 2.45) is 0 Å². The topological polar surface area (TPSA) is 82.6 Å². The third-order valence-electron chi connectivity index (χ3n) is 4.03. The van der Waals surface area contributed by atoms with Crippen molar-refractivity contribution in [3.8, 4) is 0 Å². The summed E-state index contributed by atoms with van der Waals surface area (Å²) in [4.78, 5) is 29.2.